The Balaban J connectivity index is 1.96. The van der Waals surface area contributed by atoms with Gasteiger partial charge in [-0.25, -0.2) is 4.99 Å². The normalized spacial score (nSPS) is 16.3. The Bertz CT molecular complexity index is 1290. The molecule has 0 spiro atoms. The molecule has 0 radical (unpaired) electrons. The lowest BCUT2D eigenvalue weighted by molar-refractivity contribution is -0.115. The fraction of sp³-hybridized carbons (Fsp3) is 0.136. The van der Waals surface area contributed by atoms with Gasteiger partial charge in [0, 0.05) is 0 Å². The number of carbonyl (C=O) groups excluding carboxylic acids is 1. The first-order valence-electron chi connectivity index (χ1n) is 9.01. The molecule has 0 bridgehead atoms. The van der Waals surface area contributed by atoms with Crippen molar-refractivity contribution in [2.24, 2.45) is 10.7 Å². The second-order valence-corrected chi connectivity index (χ2v) is 7.64. The zero-order chi connectivity index (χ0) is 20.5. The topological polar surface area (TPSA) is 86.7 Å². The van der Waals surface area contributed by atoms with E-state index in [1.807, 2.05) is 48.5 Å². The number of primary amides is 1. The molecule has 1 atom stereocenters. The number of fused-ring (bicyclic) bond motifs is 1. The summed E-state index contributed by atoms with van der Waals surface area (Å²) in [7, 11) is 1.58. The number of hydrogen-bond acceptors (Lipinski definition) is 5. The molecule has 1 aliphatic heterocycles. The number of aromatic nitrogens is 1. The minimum Gasteiger partial charge on any atom is -0.497 e. The second kappa shape index (κ2) is 7.52. The zero-order valence-electron chi connectivity index (χ0n) is 16.0. The van der Waals surface area contributed by atoms with Crippen LogP contribution < -0.4 is 25.4 Å². The number of benzene rings is 2. The van der Waals surface area contributed by atoms with E-state index in [2.05, 4.69) is 4.99 Å². The van der Waals surface area contributed by atoms with Crippen molar-refractivity contribution in [3.8, 4) is 5.75 Å². The Morgan fingerprint density at radius 1 is 1.17 bits per heavy atom. The van der Waals surface area contributed by atoms with E-state index in [1.165, 1.54) is 11.3 Å². The van der Waals surface area contributed by atoms with Crippen molar-refractivity contribution in [1.29, 1.82) is 0 Å². The van der Waals surface area contributed by atoms with Crippen LogP contribution in [0.1, 0.15) is 24.1 Å². The lowest BCUT2D eigenvalue weighted by Gasteiger charge is -2.24. The number of thiazole rings is 1. The molecule has 1 aromatic heterocycles. The molecule has 0 saturated carbocycles. The van der Waals surface area contributed by atoms with Crippen LogP contribution in [-0.4, -0.2) is 17.6 Å². The monoisotopic (exact) mass is 405 g/mol. The minimum atomic E-state index is -0.632. The molecule has 4 rings (SSSR count). The largest absolute Gasteiger partial charge is 0.497 e. The van der Waals surface area contributed by atoms with E-state index >= 15 is 0 Å². The average molecular weight is 405 g/mol. The van der Waals surface area contributed by atoms with Gasteiger partial charge in [-0.3, -0.25) is 14.2 Å². The molecule has 0 saturated heterocycles. The number of allylic oxidation sites excluding steroid dienone is 1. The highest BCUT2D eigenvalue weighted by atomic mass is 32.1. The van der Waals surface area contributed by atoms with E-state index in [0.717, 1.165) is 11.1 Å². The van der Waals surface area contributed by atoms with Crippen LogP contribution in [-0.2, 0) is 4.79 Å². The van der Waals surface area contributed by atoms with E-state index < -0.39 is 11.9 Å². The van der Waals surface area contributed by atoms with Gasteiger partial charge in [0.15, 0.2) is 4.80 Å². The van der Waals surface area contributed by atoms with E-state index in [0.29, 0.717) is 26.4 Å². The quantitative estimate of drug-likeness (QED) is 0.717. The Hall–Kier alpha value is -3.45. The summed E-state index contributed by atoms with van der Waals surface area (Å²) in [6, 6.07) is 16.2. The van der Waals surface area contributed by atoms with Gasteiger partial charge in [0.25, 0.3) is 5.56 Å². The fourth-order valence-electron chi connectivity index (χ4n) is 3.44. The number of nitrogens with zero attached hydrogens (tertiary/aromatic N) is 2. The van der Waals surface area contributed by atoms with Gasteiger partial charge >= 0.3 is 0 Å². The molecule has 7 heteroatoms. The Labute approximate surface area is 170 Å². The number of amides is 1. The molecule has 2 N–H and O–H groups in total. The third-order valence-corrected chi connectivity index (χ3v) is 5.80. The maximum Gasteiger partial charge on any atom is 0.271 e. The Morgan fingerprint density at radius 2 is 1.86 bits per heavy atom. The van der Waals surface area contributed by atoms with Crippen molar-refractivity contribution in [2.45, 2.75) is 13.0 Å². The van der Waals surface area contributed by atoms with Gasteiger partial charge in [-0.1, -0.05) is 53.8 Å². The van der Waals surface area contributed by atoms with Gasteiger partial charge in [0.05, 0.1) is 29.0 Å². The summed E-state index contributed by atoms with van der Waals surface area (Å²) < 4.78 is 7.32. The highest BCUT2D eigenvalue weighted by molar-refractivity contribution is 7.07. The minimum absolute atomic E-state index is 0.204. The summed E-state index contributed by atoms with van der Waals surface area (Å²) in [6.07, 6.45) is 1.83. The predicted octanol–water partition coefficient (Wildman–Crippen LogP) is 1.73. The third kappa shape index (κ3) is 3.40. The molecule has 146 valence electrons. The molecule has 1 amide bonds. The highest BCUT2D eigenvalue weighted by Gasteiger charge is 2.31. The fourth-order valence-corrected chi connectivity index (χ4v) is 4.49. The molecular formula is C22H19N3O3S. The van der Waals surface area contributed by atoms with Gasteiger partial charge in [0.2, 0.25) is 5.91 Å². The first kappa shape index (κ1) is 18.9. The van der Waals surface area contributed by atoms with Crippen molar-refractivity contribution in [2.75, 3.05) is 7.11 Å². The summed E-state index contributed by atoms with van der Waals surface area (Å²) in [6.45, 7) is 1.74. The molecular weight excluding hydrogens is 386 g/mol. The van der Waals surface area contributed by atoms with Crippen molar-refractivity contribution in [3.63, 3.8) is 0 Å². The number of hydrogen-bond donors (Lipinski definition) is 1. The molecule has 1 aliphatic rings. The lowest BCUT2D eigenvalue weighted by atomic mass is 9.95. The van der Waals surface area contributed by atoms with Crippen molar-refractivity contribution >= 4 is 23.3 Å². The number of methoxy groups -OCH3 is 1. The zero-order valence-corrected chi connectivity index (χ0v) is 16.8. The summed E-state index contributed by atoms with van der Waals surface area (Å²) in [5.74, 6) is 0.0935. The molecule has 0 unspecified atom stereocenters. The molecule has 0 fully saturated rings. The van der Waals surface area contributed by atoms with E-state index in [4.69, 9.17) is 10.5 Å². The third-order valence-electron chi connectivity index (χ3n) is 4.82. The number of nitrogens with two attached hydrogens (primary N) is 1. The van der Waals surface area contributed by atoms with E-state index in [1.54, 1.807) is 30.7 Å². The Kier molecular flexibility index (Phi) is 4.90. The standard InChI is InChI=1S/C22H19N3O3S/c1-13-18(20(23)26)19(15-8-10-16(28-2)11-9-15)25-21(27)17(29-22(25)24-13)12-14-6-4-3-5-7-14/h3-12,19H,1-2H3,(H2,23,26)/b17-12-/t19-/m0/s1. The van der Waals surface area contributed by atoms with Crippen LogP contribution in [0, 0.1) is 0 Å². The van der Waals surface area contributed by atoms with Crippen LogP contribution in [0.25, 0.3) is 6.08 Å². The second-order valence-electron chi connectivity index (χ2n) is 6.63. The number of rotatable bonds is 4. The predicted molar refractivity (Wildman–Crippen MR) is 112 cm³/mol. The van der Waals surface area contributed by atoms with Crippen LogP contribution in [0.4, 0.5) is 0 Å². The van der Waals surface area contributed by atoms with Crippen molar-refractivity contribution < 1.29 is 9.53 Å². The molecule has 0 aliphatic carbocycles. The summed E-state index contributed by atoms with van der Waals surface area (Å²) in [4.78, 5) is 30.6. The summed E-state index contributed by atoms with van der Waals surface area (Å²) in [5.41, 5.74) is 7.99. The first-order chi connectivity index (χ1) is 14.0. The van der Waals surface area contributed by atoms with Crippen LogP contribution in [0.5, 0.6) is 5.75 Å². The molecule has 2 aromatic carbocycles. The van der Waals surface area contributed by atoms with Gasteiger partial charge in [-0.05, 0) is 36.3 Å². The van der Waals surface area contributed by atoms with Crippen LogP contribution in [0.3, 0.4) is 0 Å². The molecule has 29 heavy (non-hydrogen) atoms. The van der Waals surface area contributed by atoms with Gasteiger partial charge in [0.1, 0.15) is 5.75 Å². The molecule has 3 aromatic rings. The van der Waals surface area contributed by atoms with E-state index in [9.17, 15) is 9.59 Å². The first-order valence-corrected chi connectivity index (χ1v) is 9.82. The lowest BCUT2D eigenvalue weighted by Crippen LogP contribution is -2.40. The number of ether oxygens (including phenoxy) is 1. The van der Waals surface area contributed by atoms with Crippen LogP contribution >= 0.6 is 11.3 Å². The smallest absolute Gasteiger partial charge is 0.271 e. The van der Waals surface area contributed by atoms with Crippen molar-refractivity contribution in [3.05, 3.63) is 96.7 Å². The Morgan fingerprint density at radius 3 is 2.48 bits per heavy atom. The van der Waals surface area contributed by atoms with Gasteiger partial charge < -0.3 is 10.5 Å². The summed E-state index contributed by atoms with van der Waals surface area (Å²) >= 11 is 1.30. The highest BCUT2D eigenvalue weighted by Crippen LogP contribution is 2.30. The maximum atomic E-state index is 13.3. The molecule has 2 heterocycles. The van der Waals surface area contributed by atoms with Crippen molar-refractivity contribution in [1.82, 2.24) is 4.57 Å². The maximum absolute atomic E-state index is 13.3. The van der Waals surface area contributed by atoms with Gasteiger partial charge in [-0.2, -0.15) is 0 Å². The van der Waals surface area contributed by atoms with E-state index in [-0.39, 0.29) is 5.56 Å². The SMILES string of the molecule is COc1ccc([C@H]2C(C(N)=O)=C(C)N=c3s/c(=C\c4ccccc4)c(=O)n32)cc1. The van der Waals surface area contributed by atoms with Crippen LogP contribution in [0.15, 0.2) is 75.7 Å². The molecule has 6 nitrogen and oxygen atoms in total. The summed E-state index contributed by atoms with van der Waals surface area (Å²) in [5, 5.41) is 0. The average Bonchev–Trinajstić information content (AvgIpc) is 3.02. The number of carbonyl (C=O) groups is 1. The van der Waals surface area contributed by atoms with Crippen LogP contribution in [0.2, 0.25) is 0 Å². The van der Waals surface area contributed by atoms with Gasteiger partial charge in [-0.15, -0.1) is 0 Å².